The minimum absolute atomic E-state index is 0.278. The molecule has 1 aliphatic carbocycles. The van der Waals surface area contributed by atoms with E-state index in [0.29, 0.717) is 18.1 Å². The molecule has 2 aromatic rings. The fourth-order valence-corrected chi connectivity index (χ4v) is 3.63. The zero-order chi connectivity index (χ0) is 17.6. The Hall–Kier alpha value is -2.76. The number of rotatable bonds is 2. The number of ether oxygens (including phenoxy) is 1. The van der Waals surface area contributed by atoms with Crippen molar-refractivity contribution in [2.45, 2.75) is 25.7 Å². The number of halogens is 1. The second kappa shape index (κ2) is 5.95. The van der Waals surface area contributed by atoms with Crippen molar-refractivity contribution < 1.29 is 9.13 Å². The topological polar surface area (TPSA) is 65.1 Å². The van der Waals surface area contributed by atoms with E-state index < -0.39 is 0 Å². The fourth-order valence-electron chi connectivity index (χ4n) is 3.63. The number of benzene rings is 1. The molecule has 0 bridgehead atoms. The molecule has 2 heterocycles. The first-order chi connectivity index (χ1) is 12.1. The maximum atomic E-state index is 13.8. The summed E-state index contributed by atoms with van der Waals surface area (Å²) in [4.78, 5) is 0. The minimum Gasteiger partial charge on any atom is -0.481 e. The van der Waals surface area contributed by atoms with Gasteiger partial charge in [0, 0.05) is 28.9 Å². The highest BCUT2D eigenvalue weighted by molar-refractivity contribution is 5.89. The van der Waals surface area contributed by atoms with Crippen molar-refractivity contribution in [3.63, 3.8) is 0 Å². The number of nitrogens with one attached hydrogen (secondary N) is 1. The molecule has 1 aromatic carbocycles. The van der Waals surface area contributed by atoms with Crippen LogP contribution in [0.15, 0.2) is 30.4 Å². The van der Waals surface area contributed by atoms with Crippen molar-refractivity contribution in [2.75, 3.05) is 24.7 Å². The maximum Gasteiger partial charge on any atom is 0.220 e. The first-order valence-electron chi connectivity index (χ1n) is 8.42. The summed E-state index contributed by atoms with van der Waals surface area (Å²) in [5, 5.41) is 7.97. The average molecular weight is 340 g/mol. The number of nitrogens with zero attached hydrogens (tertiary/aromatic N) is 2. The Labute approximate surface area is 146 Å². The van der Waals surface area contributed by atoms with Crippen LogP contribution in [0.25, 0.3) is 11.5 Å². The molecule has 2 aliphatic rings. The van der Waals surface area contributed by atoms with E-state index in [2.05, 4.69) is 17.0 Å². The molecular formula is C19H21FN4O. The largest absolute Gasteiger partial charge is 0.481 e. The van der Waals surface area contributed by atoms with Crippen LogP contribution < -0.4 is 11.1 Å². The molecule has 4 rings (SSSR count). The van der Waals surface area contributed by atoms with Gasteiger partial charge in [-0.3, -0.25) is 0 Å². The van der Waals surface area contributed by atoms with Crippen molar-refractivity contribution in [1.82, 2.24) is 9.78 Å². The van der Waals surface area contributed by atoms with E-state index in [1.54, 1.807) is 17.9 Å². The molecule has 0 saturated carbocycles. The molecule has 1 aliphatic heterocycles. The molecule has 6 heteroatoms. The van der Waals surface area contributed by atoms with Gasteiger partial charge >= 0.3 is 0 Å². The van der Waals surface area contributed by atoms with Gasteiger partial charge in [-0.05, 0) is 43.9 Å². The van der Waals surface area contributed by atoms with E-state index in [0.717, 1.165) is 53.9 Å². The lowest BCUT2D eigenvalue weighted by Crippen LogP contribution is -2.16. The number of allylic oxidation sites excluding steroid dienone is 1. The molecule has 25 heavy (non-hydrogen) atoms. The van der Waals surface area contributed by atoms with Gasteiger partial charge in [0.25, 0.3) is 0 Å². The Morgan fingerprint density at radius 1 is 1.36 bits per heavy atom. The second-order valence-corrected chi connectivity index (χ2v) is 6.50. The molecule has 0 saturated heterocycles. The highest BCUT2D eigenvalue weighted by Gasteiger charge is 2.26. The number of nitrogens with two attached hydrogens (primary N) is 1. The molecule has 0 spiro atoms. The van der Waals surface area contributed by atoms with Gasteiger partial charge in [-0.1, -0.05) is 12.2 Å². The zero-order valence-corrected chi connectivity index (χ0v) is 14.2. The van der Waals surface area contributed by atoms with Crippen LogP contribution in [-0.4, -0.2) is 23.4 Å². The third-order valence-corrected chi connectivity index (χ3v) is 4.89. The number of aromatic nitrogens is 2. The van der Waals surface area contributed by atoms with E-state index >= 15 is 0 Å². The van der Waals surface area contributed by atoms with Crippen LogP contribution in [0, 0.1) is 5.82 Å². The van der Waals surface area contributed by atoms with E-state index in [9.17, 15) is 4.39 Å². The van der Waals surface area contributed by atoms with Crippen LogP contribution in [-0.2, 0) is 17.6 Å². The van der Waals surface area contributed by atoms with Crippen molar-refractivity contribution in [1.29, 1.82) is 0 Å². The number of hydrogen-bond acceptors (Lipinski definition) is 4. The lowest BCUT2D eigenvalue weighted by atomic mass is 9.94. The number of fused-ring (bicyclic) bond motifs is 2. The molecule has 0 atom stereocenters. The summed E-state index contributed by atoms with van der Waals surface area (Å²) in [5.74, 6) is 0.863. The molecule has 0 amide bonds. The van der Waals surface area contributed by atoms with E-state index in [-0.39, 0.29) is 5.82 Å². The summed E-state index contributed by atoms with van der Waals surface area (Å²) in [5.41, 5.74) is 12.1. The highest BCUT2D eigenvalue weighted by Crippen LogP contribution is 2.37. The van der Waals surface area contributed by atoms with Gasteiger partial charge < -0.3 is 15.8 Å². The Bertz CT molecular complexity index is 897. The van der Waals surface area contributed by atoms with Crippen molar-refractivity contribution in [2.24, 2.45) is 0 Å². The molecule has 130 valence electrons. The molecule has 5 nitrogen and oxygen atoms in total. The maximum absolute atomic E-state index is 13.8. The van der Waals surface area contributed by atoms with Crippen LogP contribution in [0.2, 0.25) is 0 Å². The third kappa shape index (κ3) is 2.58. The smallest absolute Gasteiger partial charge is 0.220 e. The predicted octanol–water partition coefficient (Wildman–Crippen LogP) is 3.44. The molecular weight excluding hydrogens is 319 g/mol. The quantitative estimate of drug-likeness (QED) is 0.649. The van der Waals surface area contributed by atoms with Crippen LogP contribution >= 0.6 is 0 Å². The Morgan fingerprint density at radius 3 is 3.00 bits per heavy atom. The fraction of sp³-hybridized carbons (Fsp3) is 0.316. The Morgan fingerprint density at radius 2 is 2.20 bits per heavy atom. The third-order valence-electron chi connectivity index (χ3n) is 4.89. The molecule has 0 radical (unpaired) electrons. The number of methoxy groups -OCH3 is 1. The summed E-state index contributed by atoms with van der Waals surface area (Å²) in [7, 11) is 1.60. The van der Waals surface area contributed by atoms with Crippen molar-refractivity contribution >= 4 is 23.0 Å². The van der Waals surface area contributed by atoms with Gasteiger partial charge in [-0.25, -0.2) is 4.39 Å². The molecule has 1 aromatic heterocycles. The first kappa shape index (κ1) is 15.7. The number of aryl methyl sites for hydroxylation is 1. The lowest BCUT2D eigenvalue weighted by Gasteiger charge is -2.23. The van der Waals surface area contributed by atoms with Crippen LogP contribution in [0.3, 0.4) is 0 Å². The normalized spacial score (nSPS) is 18.2. The van der Waals surface area contributed by atoms with Crippen LogP contribution in [0.1, 0.15) is 29.7 Å². The van der Waals surface area contributed by atoms with E-state index in [4.69, 9.17) is 10.5 Å². The summed E-state index contributed by atoms with van der Waals surface area (Å²) in [6, 6.07) is 4.73. The number of hydrogen-bond donors (Lipinski definition) is 2. The van der Waals surface area contributed by atoms with Crippen LogP contribution in [0.4, 0.5) is 15.9 Å². The first-order valence-corrected chi connectivity index (χ1v) is 8.42. The van der Waals surface area contributed by atoms with Gasteiger partial charge in [-0.15, -0.1) is 0 Å². The minimum atomic E-state index is -0.278. The standard InChI is InChI=1S/C19H21FN4O/c1-11-3-5-17-15(9-11)18(21)24(23-17)19(25-2)13-7-8-22-16-6-4-12(20)10-14(13)16/h4,6,10,22H,1,3,5,7-9,21H2,2H3/b19-13-. The summed E-state index contributed by atoms with van der Waals surface area (Å²) < 4.78 is 21.1. The molecule has 3 N–H and O–H groups in total. The van der Waals surface area contributed by atoms with Gasteiger partial charge in [0.15, 0.2) is 0 Å². The van der Waals surface area contributed by atoms with Gasteiger partial charge in [0.05, 0.1) is 12.8 Å². The Balaban J connectivity index is 1.89. The number of nitrogen functional groups attached to an aromatic ring is 1. The Kier molecular flexibility index (Phi) is 3.75. The van der Waals surface area contributed by atoms with Gasteiger partial charge in [0.2, 0.25) is 5.88 Å². The van der Waals surface area contributed by atoms with E-state index in [1.165, 1.54) is 17.7 Å². The number of anilines is 2. The summed E-state index contributed by atoms with van der Waals surface area (Å²) >= 11 is 0. The monoisotopic (exact) mass is 340 g/mol. The highest BCUT2D eigenvalue weighted by atomic mass is 19.1. The van der Waals surface area contributed by atoms with Crippen molar-refractivity contribution in [3.05, 3.63) is 53.0 Å². The van der Waals surface area contributed by atoms with Crippen molar-refractivity contribution in [3.8, 4) is 0 Å². The molecule has 0 unspecified atom stereocenters. The molecule has 0 fully saturated rings. The SMILES string of the molecule is C=C1CCc2nn(/C(OC)=C3\CCNc4ccc(F)cc43)c(N)c2C1. The van der Waals surface area contributed by atoms with Gasteiger partial charge in [0.1, 0.15) is 11.6 Å². The summed E-state index contributed by atoms with van der Waals surface area (Å²) in [6.45, 7) is 4.82. The van der Waals surface area contributed by atoms with Crippen LogP contribution in [0.5, 0.6) is 0 Å². The zero-order valence-electron chi connectivity index (χ0n) is 14.2. The van der Waals surface area contributed by atoms with E-state index in [1.807, 2.05) is 0 Å². The summed E-state index contributed by atoms with van der Waals surface area (Å²) in [6.07, 6.45) is 3.22. The van der Waals surface area contributed by atoms with Gasteiger partial charge in [-0.2, -0.15) is 9.78 Å². The average Bonchev–Trinajstić information content (AvgIpc) is 2.92. The lowest BCUT2D eigenvalue weighted by molar-refractivity contribution is 0.338. The second-order valence-electron chi connectivity index (χ2n) is 6.50. The predicted molar refractivity (Wildman–Crippen MR) is 97.4 cm³/mol.